The van der Waals surface area contributed by atoms with Crippen LogP contribution in [0.25, 0.3) is 0 Å². The van der Waals surface area contributed by atoms with Gasteiger partial charge in [-0.3, -0.25) is 0 Å². The zero-order valence-corrected chi connectivity index (χ0v) is 15.2. The molecule has 1 aliphatic carbocycles. The second-order valence-electron chi connectivity index (χ2n) is 5.21. The first-order valence-corrected chi connectivity index (χ1v) is 9.26. The summed E-state index contributed by atoms with van der Waals surface area (Å²) < 4.78 is 2.36. The molecule has 0 bridgehead atoms. The minimum Gasteiger partial charge on any atom is -0.0838 e. The number of alkyl halides is 1. The Kier molecular flexibility index (Phi) is 6.23. The van der Waals surface area contributed by atoms with Crippen molar-refractivity contribution in [1.82, 2.24) is 0 Å². The van der Waals surface area contributed by atoms with Crippen LogP contribution in [0.1, 0.15) is 55.3 Å². The minimum atomic E-state index is 0.464. The molecule has 1 aromatic carbocycles. The third kappa shape index (κ3) is 4.35. The molecule has 0 aliphatic heterocycles. The Morgan fingerprint density at radius 3 is 2.56 bits per heavy atom. The third-order valence-corrected chi connectivity index (χ3v) is 6.02. The highest BCUT2D eigenvalue weighted by atomic mass is 79.9. The van der Waals surface area contributed by atoms with Crippen molar-refractivity contribution < 1.29 is 0 Å². The van der Waals surface area contributed by atoms with E-state index in [0.717, 1.165) is 10.4 Å². The van der Waals surface area contributed by atoms with Gasteiger partial charge in [0.15, 0.2) is 0 Å². The predicted molar refractivity (Wildman–Crippen MR) is 89.3 cm³/mol. The topological polar surface area (TPSA) is 0 Å². The molecule has 0 N–H and O–H groups in total. The molecule has 1 atom stereocenters. The van der Waals surface area contributed by atoms with E-state index in [9.17, 15) is 0 Å². The molecule has 18 heavy (non-hydrogen) atoms. The largest absolute Gasteiger partial charge is 0.0838 e. The van der Waals surface area contributed by atoms with Crippen LogP contribution in [-0.2, 0) is 0 Å². The molecule has 100 valence electrons. The van der Waals surface area contributed by atoms with E-state index in [1.807, 2.05) is 0 Å². The van der Waals surface area contributed by atoms with Crippen LogP contribution in [0, 0.1) is 5.92 Å². The normalized spacial score (nSPS) is 18.8. The van der Waals surface area contributed by atoms with Crippen LogP contribution in [0.5, 0.6) is 0 Å². The molecule has 0 heterocycles. The van der Waals surface area contributed by atoms with Gasteiger partial charge in [0, 0.05) is 13.8 Å². The third-order valence-electron chi connectivity index (χ3n) is 3.85. The summed E-state index contributed by atoms with van der Waals surface area (Å²) in [5.41, 5.74) is 1.36. The Morgan fingerprint density at radius 1 is 1.11 bits per heavy atom. The van der Waals surface area contributed by atoms with Crippen molar-refractivity contribution in [3.05, 3.63) is 32.7 Å². The number of halogens is 3. The fourth-order valence-corrected chi connectivity index (χ4v) is 4.62. The van der Waals surface area contributed by atoms with Crippen LogP contribution in [0.2, 0.25) is 0 Å². The lowest BCUT2D eigenvalue weighted by Crippen LogP contribution is -2.07. The highest BCUT2D eigenvalue weighted by molar-refractivity contribution is 9.11. The van der Waals surface area contributed by atoms with Crippen LogP contribution in [0.4, 0.5) is 0 Å². The molecule has 1 fully saturated rings. The van der Waals surface area contributed by atoms with E-state index in [4.69, 9.17) is 0 Å². The van der Waals surface area contributed by atoms with Gasteiger partial charge >= 0.3 is 0 Å². The zero-order valence-electron chi connectivity index (χ0n) is 10.5. The molecular formula is C15H19Br3. The van der Waals surface area contributed by atoms with Crippen LogP contribution >= 0.6 is 47.8 Å². The van der Waals surface area contributed by atoms with Gasteiger partial charge in [-0.1, -0.05) is 79.9 Å². The van der Waals surface area contributed by atoms with Crippen LogP contribution in [0.15, 0.2) is 27.1 Å². The lowest BCUT2D eigenvalue weighted by molar-refractivity contribution is 0.332. The van der Waals surface area contributed by atoms with Gasteiger partial charge in [-0.15, -0.1) is 0 Å². The molecule has 1 saturated carbocycles. The van der Waals surface area contributed by atoms with Crippen LogP contribution in [0.3, 0.4) is 0 Å². The first kappa shape index (κ1) is 15.1. The Balaban J connectivity index is 1.90. The second-order valence-corrected chi connectivity index (χ2v) is 8.09. The SMILES string of the molecule is Brc1ccc(Br)c(C(Br)CCC2CCCCC2)c1. The maximum atomic E-state index is 3.85. The van der Waals surface area contributed by atoms with Crippen molar-refractivity contribution in [3.8, 4) is 0 Å². The zero-order chi connectivity index (χ0) is 13.0. The van der Waals surface area contributed by atoms with Gasteiger partial charge < -0.3 is 0 Å². The van der Waals surface area contributed by atoms with Gasteiger partial charge in [0.25, 0.3) is 0 Å². The maximum Gasteiger partial charge on any atom is 0.0407 e. The number of hydrogen-bond donors (Lipinski definition) is 0. The lowest BCUT2D eigenvalue weighted by atomic mass is 9.85. The van der Waals surface area contributed by atoms with Crippen molar-refractivity contribution in [3.63, 3.8) is 0 Å². The van der Waals surface area contributed by atoms with Crippen molar-refractivity contribution in [2.24, 2.45) is 5.92 Å². The Hall–Kier alpha value is 0.660. The molecule has 0 saturated heterocycles. The first-order chi connectivity index (χ1) is 8.66. The van der Waals surface area contributed by atoms with Gasteiger partial charge in [-0.25, -0.2) is 0 Å². The van der Waals surface area contributed by atoms with Gasteiger partial charge in [0.05, 0.1) is 0 Å². The van der Waals surface area contributed by atoms with Crippen molar-refractivity contribution in [2.75, 3.05) is 0 Å². The Morgan fingerprint density at radius 2 is 1.83 bits per heavy atom. The lowest BCUT2D eigenvalue weighted by Gasteiger charge is -2.23. The molecule has 1 aromatic rings. The molecule has 1 aliphatic rings. The molecule has 3 heteroatoms. The fraction of sp³-hybridized carbons (Fsp3) is 0.600. The van der Waals surface area contributed by atoms with Gasteiger partial charge in [-0.2, -0.15) is 0 Å². The average molecular weight is 439 g/mol. The quantitative estimate of drug-likeness (QED) is 0.443. The highest BCUT2D eigenvalue weighted by Gasteiger charge is 2.17. The predicted octanol–water partition coefficient (Wildman–Crippen LogP) is 7.01. The Bertz CT molecular complexity index is 383. The molecular weight excluding hydrogens is 420 g/mol. The Labute approximate surface area is 135 Å². The summed E-state index contributed by atoms with van der Waals surface area (Å²) >= 11 is 11.0. The first-order valence-electron chi connectivity index (χ1n) is 6.76. The molecule has 0 radical (unpaired) electrons. The summed E-state index contributed by atoms with van der Waals surface area (Å²) in [5, 5.41) is 0. The standard InChI is InChI=1S/C15H19Br3/c16-12-7-9-15(18)13(10-12)14(17)8-6-11-4-2-1-3-5-11/h7,9-11,14H,1-6,8H2. The summed E-state index contributed by atoms with van der Waals surface area (Å²) in [6.45, 7) is 0. The van der Waals surface area contributed by atoms with E-state index in [1.54, 1.807) is 0 Å². The van der Waals surface area contributed by atoms with E-state index in [2.05, 4.69) is 66.0 Å². The summed E-state index contributed by atoms with van der Waals surface area (Å²) in [6, 6.07) is 6.41. The van der Waals surface area contributed by atoms with Crippen molar-refractivity contribution in [1.29, 1.82) is 0 Å². The van der Waals surface area contributed by atoms with Gasteiger partial charge in [0.1, 0.15) is 0 Å². The van der Waals surface area contributed by atoms with Gasteiger partial charge in [0.2, 0.25) is 0 Å². The second kappa shape index (κ2) is 7.44. The number of rotatable bonds is 4. The van der Waals surface area contributed by atoms with Crippen LogP contribution < -0.4 is 0 Å². The van der Waals surface area contributed by atoms with Crippen molar-refractivity contribution in [2.45, 2.75) is 49.8 Å². The number of hydrogen-bond acceptors (Lipinski definition) is 0. The van der Waals surface area contributed by atoms with E-state index in [1.165, 1.54) is 55.0 Å². The minimum absolute atomic E-state index is 0.464. The monoisotopic (exact) mass is 436 g/mol. The summed E-state index contributed by atoms with van der Waals surface area (Å²) in [7, 11) is 0. The highest BCUT2D eigenvalue weighted by Crippen LogP contribution is 2.37. The number of benzene rings is 1. The van der Waals surface area contributed by atoms with E-state index in [-0.39, 0.29) is 0 Å². The maximum absolute atomic E-state index is 3.85. The molecule has 0 aromatic heterocycles. The average Bonchev–Trinajstić information content (AvgIpc) is 2.40. The smallest absolute Gasteiger partial charge is 0.0407 e. The van der Waals surface area contributed by atoms with Crippen LogP contribution in [-0.4, -0.2) is 0 Å². The summed E-state index contributed by atoms with van der Waals surface area (Å²) in [4.78, 5) is 0.464. The molecule has 0 spiro atoms. The summed E-state index contributed by atoms with van der Waals surface area (Å²) in [5.74, 6) is 0.963. The van der Waals surface area contributed by atoms with E-state index >= 15 is 0 Å². The summed E-state index contributed by atoms with van der Waals surface area (Å²) in [6.07, 6.45) is 9.81. The van der Waals surface area contributed by atoms with E-state index < -0.39 is 0 Å². The molecule has 1 unspecified atom stereocenters. The van der Waals surface area contributed by atoms with Crippen molar-refractivity contribution >= 4 is 47.8 Å². The van der Waals surface area contributed by atoms with E-state index in [0.29, 0.717) is 4.83 Å². The fourth-order valence-electron chi connectivity index (χ4n) is 2.77. The van der Waals surface area contributed by atoms with Gasteiger partial charge in [-0.05, 0) is 42.5 Å². The molecule has 2 rings (SSSR count). The molecule has 0 nitrogen and oxygen atoms in total. The molecule has 0 amide bonds.